The molecule has 1 aliphatic heterocycles. The van der Waals surface area contributed by atoms with Gasteiger partial charge in [-0.05, 0) is 30.8 Å². The molecule has 0 aliphatic carbocycles. The maximum atomic E-state index is 12.3. The van der Waals surface area contributed by atoms with Crippen LogP contribution < -0.4 is 5.32 Å². The molecular formula is C14H16N6O2S. The second-order valence-electron chi connectivity index (χ2n) is 5.27. The van der Waals surface area contributed by atoms with Crippen LogP contribution >= 0.6 is 11.5 Å². The van der Waals surface area contributed by atoms with Gasteiger partial charge in [-0.15, -0.1) is 5.10 Å². The van der Waals surface area contributed by atoms with Crippen LogP contribution in [0.5, 0.6) is 0 Å². The van der Waals surface area contributed by atoms with E-state index in [4.69, 9.17) is 0 Å². The minimum atomic E-state index is -0.230. The van der Waals surface area contributed by atoms with Gasteiger partial charge in [-0.3, -0.25) is 14.6 Å². The Hall–Kier alpha value is -2.42. The third-order valence-corrected chi connectivity index (χ3v) is 4.23. The van der Waals surface area contributed by atoms with Crippen LogP contribution in [0.3, 0.4) is 0 Å². The largest absolute Gasteiger partial charge is 0.348 e. The molecular weight excluding hydrogens is 316 g/mol. The standard InChI is InChI=1S/C14H16N6O2S/c21-13(11-8-15-4-5-16-11)17-10-2-1-6-20(7-3-10)14(22)12-9-23-19-18-12/h4-5,8-10H,1-3,6-7H2,(H,17,21)/t10-/m0/s1. The lowest BCUT2D eigenvalue weighted by Crippen LogP contribution is -2.37. The molecule has 1 N–H and O–H groups in total. The molecule has 0 aromatic carbocycles. The number of likely N-dealkylation sites (tertiary alicyclic amines) is 1. The Morgan fingerprint density at radius 3 is 2.87 bits per heavy atom. The molecule has 8 nitrogen and oxygen atoms in total. The molecule has 0 unspecified atom stereocenters. The van der Waals surface area contributed by atoms with E-state index in [2.05, 4.69) is 24.9 Å². The average Bonchev–Trinajstić information content (AvgIpc) is 3.02. The number of hydrogen-bond acceptors (Lipinski definition) is 7. The lowest BCUT2D eigenvalue weighted by molar-refractivity contribution is 0.0755. The number of amides is 2. The lowest BCUT2D eigenvalue weighted by Gasteiger charge is -2.19. The van der Waals surface area contributed by atoms with Crippen molar-refractivity contribution in [3.05, 3.63) is 35.4 Å². The Bertz CT molecular complexity index is 663. The van der Waals surface area contributed by atoms with Gasteiger partial charge in [-0.25, -0.2) is 4.98 Å². The van der Waals surface area contributed by atoms with Gasteiger partial charge in [0.15, 0.2) is 5.69 Å². The number of nitrogens with zero attached hydrogens (tertiary/aromatic N) is 5. The van der Waals surface area contributed by atoms with Crippen LogP contribution in [-0.2, 0) is 0 Å². The molecule has 0 bridgehead atoms. The summed E-state index contributed by atoms with van der Waals surface area (Å²) in [6, 6.07) is 0.0239. The highest BCUT2D eigenvalue weighted by Gasteiger charge is 2.24. The molecule has 1 saturated heterocycles. The second kappa shape index (κ2) is 7.23. The number of hydrogen-bond donors (Lipinski definition) is 1. The van der Waals surface area contributed by atoms with E-state index in [1.807, 2.05) is 0 Å². The monoisotopic (exact) mass is 332 g/mol. The van der Waals surface area contributed by atoms with E-state index in [0.29, 0.717) is 30.9 Å². The molecule has 9 heteroatoms. The summed E-state index contributed by atoms with van der Waals surface area (Å²) >= 11 is 1.17. The molecule has 3 rings (SSSR count). The van der Waals surface area contributed by atoms with Crippen molar-refractivity contribution in [2.75, 3.05) is 13.1 Å². The first-order valence-corrected chi connectivity index (χ1v) is 8.21. The fourth-order valence-corrected chi connectivity index (χ4v) is 2.97. The first kappa shape index (κ1) is 15.5. The van der Waals surface area contributed by atoms with Crippen molar-refractivity contribution in [1.82, 2.24) is 29.8 Å². The van der Waals surface area contributed by atoms with E-state index in [9.17, 15) is 9.59 Å². The molecule has 0 radical (unpaired) electrons. The van der Waals surface area contributed by atoms with Crippen molar-refractivity contribution in [1.29, 1.82) is 0 Å². The summed E-state index contributed by atoms with van der Waals surface area (Å²) in [6.45, 7) is 1.25. The van der Waals surface area contributed by atoms with Crippen LogP contribution in [0.2, 0.25) is 0 Å². The summed E-state index contributed by atoms with van der Waals surface area (Å²) in [5.74, 6) is -0.328. The molecule has 0 saturated carbocycles. The zero-order chi connectivity index (χ0) is 16.1. The molecule has 120 valence electrons. The summed E-state index contributed by atoms with van der Waals surface area (Å²) in [4.78, 5) is 34.1. The van der Waals surface area contributed by atoms with Gasteiger partial charge < -0.3 is 10.2 Å². The number of carbonyl (C=O) groups excluding carboxylic acids is 2. The Kier molecular flexibility index (Phi) is 4.86. The molecule has 0 spiro atoms. The highest BCUT2D eigenvalue weighted by molar-refractivity contribution is 7.03. The minimum absolute atomic E-state index is 0.0239. The SMILES string of the molecule is O=C(N[C@H]1CCCN(C(=O)c2csnn2)CC1)c1cnccn1. The van der Waals surface area contributed by atoms with E-state index in [1.165, 1.54) is 30.1 Å². The maximum Gasteiger partial charge on any atom is 0.275 e. The lowest BCUT2D eigenvalue weighted by atomic mass is 10.1. The van der Waals surface area contributed by atoms with Crippen LogP contribution in [0.1, 0.15) is 40.2 Å². The zero-order valence-electron chi connectivity index (χ0n) is 12.4. The molecule has 2 aromatic rings. The summed E-state index contributed by atoms with van der Waals surface area (Å²) < 4.78 is 3.72. The predicted molar refractivity (Wildman–Crippen MR) is 82.9 cm³/mol. The number of carbonyl (C=O) groups is 2. The van der Waals surface area contributed by atoms with Crippen LogP contribution in [0.25, 0.3) is 0 Å². The number of nitrogens with one attached hydrogen (secondary N) is 1. The van der Waals surface area contributed by atoms with Crippen molar-refractivity contribution in [3.8, 4) is 0 Å². The maximum absolute atomic E-state index is 12.3. The van der Waals surface area contributed by atoms with E-state index >= 15 is 0 Å². The van der Waals surface area contributed by atoms with Gasteiger partial charge in [0.25, 0.3) is 11.8 Å². The average molecular weight is 332 g/mol. The Morgan fingerprint density at radius 2 is 2.13 bits per heavy atom. The van der Waals surface area contributed by atoms with Crippen LogP contribution in [-0.4, -0.2) is 55.4 Å². The highest BCUT2D eigenvalue weighted by Crippen LogP contribution is 2.14. The van der Waals surface area contributed by atoms with Crippen LogP contribution in [0.4, 0.5) is 0 Å². The van der Waals surface area contributed by atoms with Gasteiger partial charge in [0.1, 0.15) is 5.69 Å². The number of rotatable bonds is 3. The van der Waals surface area contributed by atoms with Crippen molar-refractivity contribution in [3.63, 3.8) is 0 Å². The summed E-state index contributed by atoms with van der Waals surface area (Å²) in [5.41, 5.74) is 0.690. The Balaban J connectivity index is 1.56. The van der Waals surface area contributed by atoms with Gasteiger partial charge >= 0.3 is 0 Å². The van der Waals surface area contributed by atoms with Crippen molar-refractivity contribution in [2.45, 2.75) is 25.3 Å². The van der Waals surface area contributed by atoms with E-state index in [0.717, 1.165) is 12.8 Å². The molecule has 23 heavy (non-hydrogen) atoms. The molecule has 2 amide bonds. The van der Waals surface area contributed by atoms with Gasteiger partial charge in [-0.1, -0.05) is 4.49 Å². The fourth-order valence-electron chi connectivity index (χ4n) is 2.54. The van der Waals surface area contributed by atoms with E-state index in [1.54, 1.807) is 10.3 Å². The predicted octanol–water partition coefficient (Wildman–Crippen LogP) is 0.753. The van der Waals surface area contributed by atoms with E-state index < -0.39 is 0 Å². The van der Waals surface area contributed by atoms with Gasteiger partial charge in [-0.2, -0.15) is 0 Å². The minimum Gasteiger partial charge on any atom is -0.348 e. The molecule has 3 heterocycles. The van der Waals surface area contributed by atoms with Crippen molar-refractivity contribution in [2.24, 2.45) is 0 Å². The quantitative estimate of drug-likeness (QED) is 0.890. The zero-order valence-corrected chi connectivity index (χ0v) is 13.2. The van der Waals surface area contributed by atoms with Crippen molar-refractivity contribution >= 4 is 23.3 Å². The second-order valence-corrected chi connectivity index (χ2v) is 5.88. The summed E-state index contributed by atoms with van der Waals surface area (Å²) in [5, 5.41) is 8.44. The first-order valence-electron chi connectivity index (χ1n) is 7.37. The Morgan fingerprint density at radius 1 is 1.22 bits per heavy atom. The number of aromatic nitrogens is 4. The third kappa shape index (κ3) is 3.86. The molecule has 1 aliphatic rings. The van der Waals surface area contributed by atoms with E-state index in [-0.39, 0.29) is 17.9 Å². The first-order chi connectivity index (χ1) is 11.2. The fraction of sp³-hybridized carbons (Fsp3) is 0.429. The Labute approximate surface area is 137 Å². The highest BCUT2D eigenvalue weighted by atomic mass is 32.1. The van der Waals surface area contributed by atoms with Crippen LogP contribution in [0, 0.1) is 0 Å². The normalized spacial score (nSPS) is 18.3. The van der Waals surface area contributed by atoms with Gasteiger partial charge in [0.2, 0.25) is 0 Å². The smallest absolute Gasteiger partial charge is 0.275 e. The van der Waals surface area contributed by atoms with Crippen LogP contribution in [0.15, 0.2) is 24.0 Å². The topological polar surface area (TPSA) is 101 Å². The molecule has 1 atom stereocenters. The van der Waals surface area contributed by atoms with Gasteiger partial charge in [0, 0.05) is 36.9 Å². The van der Waals surface area contributed by atoms with Gasteiger partial charge in [0.05, 0.1) is 6.20 Å². The third-order valence-electron chi connectivity index (χ3n) is 3.73. The van der Waals surface area contributed by atoms with Crippen molar-refractivity contribution < 1.29 is 9.59 Å². The summed E-state index contributed by atoms with van der Waals surface area (Å²) in [6.07, 6.45) is 6.82. The molecule has 2 aromatic heterocycles. The summed E-state index contributed by atoms with van der Waals surface area (Å²) in [7, 11) is 0. The molecule has 1 fully saturated rings.